The smallest absolute Gasteiger partial charge is 0.129 e. The molecule has 0 radical (unpaired) electrons. The Kier molecular flexibility index (Phi) is 3.53. The van der Waals surface area contributed by atoms with Crippen molar-refractivity contribution in [3.8, 4) is 0 Å². The predicted molar refractivity (Wildman–Crippen MR) is 70.2 cm³/mol. The Morgan fingerprint density at radius 1 is 1.11 bits per heavy atom. The van der Waals surface area contributed by atoms with Crippen LogP contribution in [-0.4, -0.2) is 7.05 Å². The molecule has 1 N–H and O–H groups in total. The van der Waals surface area contributed by atoms with Crippen LogP contribution in [0.25, 0.3) is 0 Å². The molecule has 0 amide bonds. The summed E-state index contributed by atoms with van der Waals surface area (Å²) in [6.45, 7) is 5.58. The van der Waals surface area contributed by atoms with Crippen molar-refractivity contribution in [2.45, 2.75) is 26.8 Å². The van der Waals surface area contributed by atoms with E-state index in [2.05, 4.69) is 5.32 Å². The van der Waals surface area contributed by atoms with Crippen molar-refractivity contribution >= 4 is 0 Å². The zero-order valence-electron chi connectivity index (χ0n) is 11.2. The van der Waals surface area contributed by atoms with Crippen molar-refractivity contribution in [2.75, 3.05) is 7.05 Å². The highest BCUT2D eigenvalue weighted by Gasteiger charge is 2.19. The minimum absolute atomic E-state index is 0.0435. The van der Waals surface area contributed by atoms with Gasteiger partial charge in [0.1, 0.15) is 11.6 Å². The van der Waals surface area contributed by atoms with E-state index in [1.807, 2.05) is 32.2 Å². The van der Waals surface area contributed by atoms with Gasteiger partial charge in [-0.05, 0) is 56.1 Å². The summed E-state index contributed by atoms with van der Waals surface area (Å²) in [5.74, 6) is 0.743. The van der Waals surface area contributed by atoms with Crippen molar-refractivity contribution in [3.63, 3.8) is 0 Å². The van der Waals surface area contributed by atoms with Crippen LogP contribution >= 0.6 is 0 Å². The Hall–Kier alpha value is -1.61. The molecule has 96 valence electrons. The fraction of sp³-hybridized carbons (Fsp3) is 0.333. The summed E-state index contributed by atoms with van der Waals surface area (Å²) in [5.41, 5.74) is 3.44. The summed E-state index contributed by atoms with van der Waals surface area (Å²) in [4.78, 5) is 0. The molecule has 0 aliphatic rings. The van der Waals surface area contributed by atoms with E-state index < -0.39 is 0 Å². The van der Waals surface area contributed by atoms with Gasteiger partial charge in [0.25, 0.3) is 0 Å². The third-order valence-electron chi connectivity index (χ3n) is 3.24. The van der Waals surface area contributed by atoms with Crippen molar-refractivity contribution in [1.29, 1.82) is 0 Å². The second-order valence-electron chi connectivity index (χ2n) is 4.66. The molecule has 1 heterocycles. The average molecular weight is 247 g/mol. The number of aryl methyl sites for hydroxylation is 3. The fourth-order valence-electron chi connectivity index (χ4n) is 2.28. The normalized spacial score (nSPS) is 12.7. The third kappa shape index (κ3) is 2.18. The summed E-state index contributed by atoms with van der Waals surface area (Å²) in [6.07, 6.45) is 1.68. The molecule has 0 aliphatic carbocycles. The molecule has 18 heavy (non-hydrogen) atoms. The Bertz CT molecular complexity index is 536. The van der Waals surface area contributed by atoms with E-state index in [0.717, 1.165) is 16.9 Å². The van der Waals surface area contributed by atoms with Gasteiger partial charge < -0.3 is 9.73 Å². The number of halogens is 1. The molecule has 2 rings (SSSR count). The summed E-state index contributed by atoms with van der Waals surface area (Å²) in [5, 5.41) is 3.22. The maximum Gasteiger partial charge on any atom is 0.129 e. The zero-order valence-corrected chi connectivity index (χ0v) is 11.2. The minimum atomic E-state index is -0.134. The van der Waals surface area contributed by atoms with E-state index in [9.17, 15) is 4.39 Å². The van der Waals surface area contributed by atoms with Crippen LogP contribution in [0.1, 0.15) is 34.1 Å². The third-order valence-corrected chi connectivity index (χ3v) is 3.24. The first-order valence-electron chi connectivity index (χ1n) is 6.02. The molecule has 1 atom stereocenters. The highest BCUT2D eigenvalue weighted by Crippen LogP contribution is 2.27. The van der Waals surface area contributed by atoms with E-state index in [1.165, 1.54) is 0 Å². The first-order chi connectivity index (χ1) is 8.54. The summed E-state index contributed by atoms with van der Waals surface area (Å²) >= 11 is 0. The number of hydrogen-bond acceptors (Lipinski definition) is 2. The van der Waals surface area contributed by atoms with Gasteiger partial charge in [0, 0.05) is 0 Å². The molecule has 1 aromatic carbocycles. The highest BCUT2D eigenvalue weighted by molar-refractivity contribution is 5.37. The molecule has 0 spiro atoms. The van der Waals surface area contributed by atoms with Crippen LogP contribution in [0.5, 0.6) is 0 Å². The van der Waals surface area contributed by atoms with E-state index in [1.54, 1.807) is 20.1 Å². The second-order valence-corrected chi connectivity index (χ2v) is 4.66. The van der Waals surface area contributed by atoms with Gasteiger partial charge in [-0.25, -0.2) is 4.39 Å². The molecule has 2 aromatic rings. The van der Waals surface area contributed by atoms with Crippen molar-refractivity contribution in [3.05, 3.63) is 58.3 Å². The van der Waals surface area contributed by atoms with Gasteiger partial charge in [-0.3, -0.25) is 0 Å². The lowest BCUT2D eigenvalue weighted by Gasteiger charge is -2.17. The monoisotopic (exact) mass is 247 g/mol. The Labute approximate surface area is 107 Å². The molecular formula is C15H18FNO. The first kappa shape index (κ1) is 12.8. The lowest BCUT2D eigenvalue weighted by atomic mass is 9.98. The van der Waals surface area contributed by atoms with Gasteiger partial charge in [-0.15, -0.1) is 0 Å². The minimum Gasteiger partial charge on any atom is -0.467 e. The second kappa shape index (κ2) is 4.94. The molecule has 0 aliphatic heterocycles. The van der Waals surface area contributed by atoms with Gasteiger partial charge in [0.2, 0.25) is 0 Å². The predicted octanol–water partition coefficient (Wildman–Crippen LogP) is 3.65. The van der Waals surface area contributed by atoms with Gasteiger partial charge in [-0.2, -0.15) is 0 Å². The molecule has 0 fully saturated rings. The quantitative estimate of drug-likeness (QED) is 0.895. The summed E-state index contributed by atoms with van der Waals surface area (Å²) in [6, 6.07) is 5.62. The summed E-state index contributed by atoms with van der Waals surface area (Å²) in [7, 11) is 1.88. The molecule has 0 bridgehead atoms. The standard InChI is InChI=1S/C15H18FNO/c1-9-5-6-18-15(9)14(17-4)12-7-10(2)13(16)11(3)8-12/h5-8,14,17H,1-4H3. The van der Waals surface area contributed by atoms with Gasteiger partial charge in [0.05, 0.1) is 12.3 Å². The number of furan rings is 1. The van der Waals surface area contributed by atoms with Crippen molar-refractivity contribution in [2.24, 2.45) is 0 Å². The number of rotatable bonds is 3. The number of hydrogen-bond donors (Lipinski definition) is 1. The van der Waals surface area contributed by atoms with Crippen LogP contribution in [0, 0.1) is 26.6 Å². The van der Waals surface area contributed by atoms with Crippen molar-refractivity contribution < 1.29 is 8.81 Å². The molecule has 0 saturated heterocycles. The molecule has 2 nitrogen and oxygen atoms in total. The Morgan fingerprint density at radius 2 is 1.72 bits per heavy atom. The van der Waals surface area contributed by atoms with Crippen LogP contribution in [0.3, 0.4) is 0 Å². The summed E-state index contributed by atoms with van der Waals surface area (Å²) < 4.78 is 19.2. The van der Waals surface area contributed by atoms with E-state index in [4.69, 9.17) is 4.42 Å². The topological polar surface area (TPSA) is 25.2 Å². The maximum atomic E-state index is 13.7. The first-order valence-corrected chi connectivity index (χ1v) is 6.02. The molecule has 0 saturated carbocycles. The lowest BCUT2D eigenvalue weighted by Crippen LogP contribution is -2.18. The largest absolute Gasteiger partial charge is 0.467 e. The highest BCUT2D eigenvalue weighted by atomic mass is 19.1. The van der Waals surface area contributed by atoms with Gasteiger partial charge in [-0.1, -0.05) is 12.1 Å². The fourth-order valence-corrected chi connectivity index (χ4v) is 2.28. The lowest BCUT2D eigenvalue weighted by molar-refractivity contribution is 0.459. The SMILES string of the molecule is CNC(c1cc(C)c(F)c(C)c1)c1occc1C. The number of benzene rings is 1. The Balaban J connectivity index is 2.49. The molecule has 3 heteroatoms. The van der Waals surface area contributed by atoms with Crippen LogP contribution in [0.4, 0.5) is 4.39 Å². The Morgan fingerprint density at radius 3 is 2.17 bits per heavy atom. The molecular weight excluding hydrogens is 229 g/mol. The zero-order chi connectivity index (χ0) is 13.3. The van der Waals surface area contributed by atoms with Crippen LogP contribution in [-0.2, 0) is 0 Å². The van der Waals surface area contributed by atoms with E-state index in [-0.39, 0.29) is 11.9 Å². The van der Waals surface area contributed by atoms with Crippen LogP contribution in [0.2, 0.25) is 0 Å². The van der Waals surface area contributed by atoms with Crippen LogP contribution in [0.15, 0.2) is 28.9 Å². The average Bonchev–Trinajstić information content (AvgIpc) is 2.74. The van der Waals surface area contributed by atoms with Gasteiger partial charge >= 0.3 is 0 Å². The molecule has 1 unspecified atom stereocenters. The van der Waals surface area contributed by atoms with Crippen molar-refractivity contribution in [1.82, 2.24) is 5.32 Å². The maximum absolute atomic E-state index is 13.7. The van der Waals surface area contributed by atoms with E-state index in [0.29, 0.717) is 11.1 Å². The van der Waals surface area contributed by atoms with E-state index >= 15 is 0 Å². The molecule has 1 aromatic heterocycles. The van der Waals surface area contributed by atoms with Crippen LogP contribution < -0.4 is 5.32 Å². The number of nitrogens with one attached hydrogen (secondary N) is 1. The van der Waals surface area contributed by atoms with Gasteiger partial charge in [0.15, 0.2) is 0 Å².